The zero-order valence-electron chi connectivity index (χ0n) is 17.8. The van der Waals surface area contributed by atoms with E-state index in [1.165, 1.54) is 21.1 Å². The number of esters is 2. The fourth-order valence-electron chi connectivity index (χ4n) is 3.42. The second kappa shape index (κ2) is 10.3. The Morgan fingerprint density at radius 3 is 2.36 bits per heavy atom. The molecule has 0 aromatic heterocycles. The molecule has 2 aliphatic rings. The number of carbonyl (C=O) groups is 2. The normalized spacial score (nSPS) is 31.8. The Morgan fingerprint density at radius 2 is 1.79 bits per heavy atom. The number of nitrogens with one attached hydrogen (secondary N) is 1. The van der Waals surface area contributed by atoms with Gasteiger partial charge in [0, 0.05) is 14.0 Å². The summed E-state index contributed by atoms with van der Waals surface area (Å²) < 4.78 is 36.4. The topological polar surface area (TPSA) is 123 Å². The molecular formula is C20H22Cl3NO9. The first-order valence-corrected chi connectivity index (χ1v) is 10.8. The maximum absolute atomic E-state index is 12.8. The van der Waals surface area contributed by atoms with E-state index in [0.29, 0.717) is 0 Å². The molecule has 0 bridgehead atoms. The molecule has 0 unspecified atom stereocenters. The van der Waals surface area contributed by atoms with Gasteiger partial charge in [-0.2, -0.15) is 0 Å². The smallest absolute Gasteiger partial charge is 0.366 e. The minimum Gasteiger partial charge on any atom is -0.465 e. The zero-order chi connectivity index (χ0) is 24.4. The SMILES string of the molecule is COC(=O)[C@@]1(C)OC[C@H]2O[C@@H](OC(=N)C(Cl)(Cl)Cl)[C@H](OC(=O)c3ccccc3)[C@@H](OC)[C@@H]2O1. The highest BCUT2D eigenvalue weighted by molar-refractivity contribution is 6.76. The molecule has 2 fully saturated rings. The number of hydrogen-bond acceptors (Lipinski definition) is 10. The van der Waals surface area contributed by atoms with Gasteiger partial charge in [-0.1, -0.05) is 53.0 Å². The number of carbonyl (C=O) groups excluding carboxylic acids is 2. The summed E-state index contributed by atoms with van der Waals surface area (Å²) in [5, 5.41) is 7.91. The summed E-state index contributed by atoms with van der Waals surface area (Å²) in [7, 11) is 2.54. The number of halogens is 3. The highest BCUT2D eigenvalue weighted by atomic mass is 35.6. The molecule has 0 radical (unpaired) electrons. The van der Waals surface area contributed by atoms with Crippen molar-refractivity contribution in [3.8, 4) is 0 Å². The molecule has 3 rings (SSSR count). The highest BCUT2D eigenvalue weighted by Gasteiger charge is 2.57. The van der Waals surface area contributed by atoms with Gasteiger partial charge in [0.25, 0.3) is 9.58 Å². The zero-order valence-corrected chi connectivity index (χ0v) is 20.1. The lowest BCUT2D eigenvalue weighted by atomic mass is 9.96. The lowest BCUT2D eigenvalue weighted by molar-refractivity contribution is -0.373. The molecule has 182 valence electrons. The minimum absolute atomic E-state index is 0.129. The fraction of sp³-hybridized carbons (Fsp3) is 0.550. The number of alkyl halides is 3. The number of benzene rings is 1. The third-order valence-corrected chi connectivity index (χ3v) is 5.56. The Hall–Kier alpha value is -1.66. The van der Waals surface area contributed by atoms with Gasteiger partial charge in [-0.05, 0) is 12.1 Å². The summed E-state index contributed by atoms with van der Waals surface area (Å²) in [6.45, 7) is 1.25. The number of hydrogen-bond donors (Lipinski definition) is 1. The summed E-state index contributed by atoms with van der Waals surface area (Å²) in [4.78, 5) is 25.0. The van der Waals surface area contributed by atoms with Gasteiger partial charge in [0.1, 0.15) is 18.3 Å². The van der Waals surface area contributed by atoms with Gasteiger partial charge in [-0.15, -0.1) is 0 Å². The van der Waals surface area contributed by atoms with Crippen molar-refractivity contribution in [1.29, 1.82) is 5.41 Å². The molecular weight excluding hydrogens is 505 g/mol. The van der Waals surface area contributed by atoms with E-state index < -0.39 is 58.1 Å². The first-order chi connectivity index (χ1) is 15.5. The van der Waals surface area contributed by atoms with Crippen molar-refractivity contribution in [3.05, 3.63) is 35.9 Å². The third kappa shape index (κ3) is 5.71. The van der Waals surface area contributed by atoms with E-state index in [1.54, 1.807) is 30.3 Å². The number of methoxy groups -OCH3 is 2. The molecule has 10 nitrogen and oxygen atoms in total. The molecule has 0 amide bonds. The van der Waals surface area contributed by atoms with Gasteiger partial charge >= 0.3 is 11.9 Å². The fourth-order valence-corrected chi connectivity index (χ4v) is 3.55. The summed E-state index contributed by atoms with van der Waals surface area (Å²) in [6, 6.07) is 8.16. The van der Waals surface area contributed by atoms with Crippen LogP contribution in [0.3, 0.4) is 0 Å². The quantitative estimate of drug-likeness (QED) is 0.267. The van der Waals surface area contributed by atoms with Crippen LogP contribution in [0.25, 0.3) is 0 Å². The standard InChI is InChI=1S/C20H22Cl3NO9/c1-19(18(26)28-3)29-9-11-12(33-19)13(27-2)14(16(30-11)32-17(24)20(21,22)23)31-15(25)10-7-5-4-6-8-10/h4-8,11-14,16,24H,9H2,1-3H3/t11-,12-,13+,14-,16+,19+/m1/s1. The van der Waals surface area contributed by atoms with Crippen molar-refractivity contribution in [2.24, 2.45) is 0 Å². The van der Waals surface area contributed by atoms with E-state index in [-0.39, 0.29) is 12.2 Å². The molecule has 2 heterocycles. The van der Waals surface area contributed by atoms with Gasteiger partial charge in [0.15, 0.2) is 6.10 Å². The van der Waals surface area contributed by atoms with Crippen LogP contribution in [0.1, 0.15) is 17.3 Å². The summed E-state index contributed by atoms with van der Waals surface area (Å²) in [5.41, 5.74) is 0.247. The maximum atomic E-state index is 12.8. The van der Waals surface area contributed by atoms with Crippen LogP contribution in [0.5, 0.6) is 0 Å². The molecule has 13 heteroatoms. The van der Waals surface area contributed by atoms with Crippen molar-refractivity contribution in [2.75, 3.05) is 20.8 Å². The molecule has 33 heavy (non-hydrogen) atoms. The first-order valence-electron chi connectivity index (χ1n) is 9.67. The van der Waals surface area contributed by atoms with E-state index in [4.69, 9.17) is 73.4 Å². The summed E-state index contributed by atoms with van der Waals surface area (Å²) >= 11 is 17.2. The first kappa shape index (κ1) is 26.0. The number of rotatable bonds is 5. The highest BCUT2D eigenvalue weighted by Crippen LogP contribution is 2.37. The summed E-state index contributed by atoms with van der Waals surface area (Å²) in [5.74, 6) is -4.00. The van der Waals surface area contributed by atoms with Gasteiger partial charge in [0.2, 0.25) is 12.2 Å². The second-order valence-corrected chi connectivity index (χ2v) is 9.54. The Kier molecular flexibility index (Phi) is 8.11. The molecule has 1 aromatic carbocycles. The van der Waals surface area contributed by atoms with Crippen LogP contribution in [0.2, 0.25) is 0 Å². The van der Waals surface area contributed by atoms with Crippen molar-refractivity contribution in [2.45, 2.75) is 47.2 Å². The lowest BCUT2D eigenvalue weighted by Crippen LogP contribution is -2.68. The predicted octanol–water partition coefficient (Wildman–Crippen LogP) is 2.62. The summed E-state index contributed by atoms with van der Waals surface area (Å²) in [6.07, 6.45) is -5.49. The lowest BCUT2D eigenvalue weighted by Gasteiger charge is -2.49. The van der Waals surface area contributed by atoms with Crippen molar-refractivity contribution < 1.29 is 42.7 Å². The Balaban J connectivity index is 1.91. The van der Waals surface area contributed by atoms with Gasteiger partial charge in [-0.3, -0.25) is 5.41 Å². The van der Waals surface area contributed by atoms with Crippen LogP contribution in [-0.4, -0.2) is 78.9 Å². The molecule has 0 spiro atoms. The Morgan fingerprint density at radius 1 is 1.12 bits per heavy atom. The molecule has 1 aromatic rings. The monoisotopic (exact) mass is 525 g/mol. The van der Waals surface area contributed by atoms with Crippen LogP contribution in [-0.2, 0) is 38.0 Å². The van der Waals surface area contributed by atoms with E-state index >= 15 is 0 Å². The minimum atomic E-state index is -2.19. The van der Waals surface area contributed by atoms with Crippen LogP contribution < -0.4 is 0 Å². The van der Waals surface area contributed by atoms with Crippen LogP contribution in [0, 0.1) is 5.41 Å². The average molecular weight is 527 g/mol. The van der Waals surface area contributed by atoms with E-state index in [9.17, 15) is 9.59 Å². The van der Waals surface area contributed by atoms with Gasteiger partial charge in [0.05, 0.1) is 19.3 Å². The van der Waals surface area contributed by atoms with Crippen LogP contribution in [0.4, 0.5) is 0 Å². The Bertz CT molecular complexity index is 881. The predicted molar refractivity (Wildman–Crippen MR) is 115 cm³/mol. The number of fused-ring (bicyclic) bond motifs is 1. The van der Waals surface area contributed by atoms with Crippen molar-refractivity contribution in [3.63, 3.8) is 0 Å². The molecule has 1 N–H and O–H groups in total. The van der Waals surface area contributed by atoms with Gasteiger partial charge in [-0.25, -0.2) is 9.59 Å². The van der Waals surface area contributed by atoms with E-state index in [0.717, 1.165) is 0 Å². The maximum Gasteiger partial charge on any atom is 0.366 e. The largest absolute Gasteiger partial charge is 0.465 e. The van der Waals surface area contributed by atoms with Crippen molar-refractivity contribution in [1.82, 2.24) is 0 Å². The molecule has 2 saturated heterocycles. The van der Waals surface area contributed by atoms with Gasteiger partial charge < -0.3 is 33.2 Å². The van der Waals surface area contributed by atoms with Crippen molar-refractivity contribution >= 4 is 52.6 Å². The molecule has 6 atom stereocenters. The molecule has 0 aliphatic carbocycles. The average Bonchev–Trinajstić information content (AvgIpc) is 2.78. The van der Waals surface area contributed by atoms with E-state index in [2.05, 4.69) is 0 Å². The Labute approximate surface area is 204 Å². The molecule has 2 aliphatic heterocycles. The third-order valence-electron chi connectivity index (χ3n) is 5.05. The molecule has 0 saturated carbocycles. The van der Waals surface area contributed by atoms with E-state index in [1.807, 2.05) is 0 Å². The van der Waals surface area contributed by atoms with Crippen LogP contribution in [0.15, 0.2) is 30.3 Å². The van der Waals surface area contributed by atoms with Crippen LogP contribution >= 0.6 is 34.8 Å². The second-order valence-electron chi connectivity index (χ2n) is 7.25. The number of ether oxygens (including phenoxy) is 7.